The molecule has 0 bridgehead atoms. The van der Waals surface area contributed by atoms with Gasteiger partial charge in [-0.3, -0.25) is 4.90 Å². The predicted molar refractivity (Wildman–Crippen MR) is 81.4 cm³/mol. The van der Waals surface area contributed by atoms with Crippen molar-refractivity contribution < 1.29 is 5.11 Å². The molecule has 2 N–H and O–H groups in total. The van der Waals surface area contributed by atoms with Crippen molar-refractivity contribution in [3.05, 3.63) is 65.2 Å². The molecular formula is C17H20N2O. The van der Waals surface area contributed by atoms with Gasteiger partial charge in [0, 0.05) is 31.9 Å². The van der Waals surface area contributed by atoms with Gasteiger partial charge in [0.1, 0.15) is 0 Å². The van der Waals surface area contributed by atoms with Gasteiger partial charge >= 0.3 is 0 Å². The van der Waals surface area contributed by atoms with Crippen LogP contribution in [0, 0.1) is 0 Å². The van der Waals surface area contributed by atoms with Gasteiger partial charge in [0.15, 0.2) is 0 Å². The summed E-state index contributed by atoms with van der Waals surface area (Å²) in [6.45, 7) is 3.99. The van der Waals surface area contributed by atoms with Crippen molar-refractivity contribution in [3.8, 4) is 0 Å². The van der Waals surface area contributed by atoms with Gasteiger partial charge in [-0.15, -0.1) is 0 Å². The molecule has 20 heavy (non-hydrogen) atoms. The van der Waals surface area contributed by atoms with Crippen molar-refractivity contribution in [1.82, 2.24) is 4.90 Å². The van der Waals surface area contributed by atoms with Crippen molar-refractivity contribution >= 4 is 5.69 Å². The Morgan fingerprint density at radius 3 is 2.70 bits per heavy atom. The molecule has 0 amide bonds. The van der Waals surface area contributed by atoms with Crippen LogP contribution in [0.1, 0.15) is 16.7 Å². The summed E-state index contributed by atoms with van der Waals surface area (Å²) in [4.78, 5) is 2.45. The number of hydrogen-bond acceptors (Lipinski definition) is 3. The standard InChI is InChI=1S/C17H20N2O/c20-13-15-6-7-16-12-19(9-8-18-17(16)10-15)11-14-4-2-1-3-5-14/h1-7,10,18,20H,8-9,11-13H2. The zero-order chi connectivity index (χ0) is 13.8. The van der Waals surface area contributed by atoms with Gasteiger partial charge in [0.2, 0.25) is 0 Å². The monoisotopic (exact) mass is 268 g/mol. The number of benzene rings is 2. The molecule has 0 radical (unpaired) electrons. The average Bonchev–Trinajstić information content (AvgIpc) is 2.69. The molecule has 0 unspecified atom stereocenters. The van der Waals surface area contributed by atoms with Crippen molar-refractivity contribution in [2.45, 2.75) is 19.7 Å². The first-order valence-electron chi connectivity index (χ1n) is 7.08. The number of nitrogens with one attached hydrogen (secondary N) is 1. The lowest BCUT2D eigenvalue weighted by atomic mass is 10.1. The second kappa shape index (κ2) is 6.07. The normalized spacial score (nSPS) is 15.2. The van der Waals surface area contributed by atoms with E-state index in [0.29, 0.717) is 0 Å². The molecule has 2 aromatic rings. The lowest BCUT2D eigenvalue weighted by Gasteiger charge is -2.20. The molecule has 3 nitrogen and oxygen atoms in total. The van der Waals surface area contributed by atoms with Gasteiger partial charge in [-0.25, -0.2) is 0 Å². The van der Waals surface area contributed by atoms with Gasteiger partial charge in [0.25, 0.3) is 0 Å². The second-order valence-corrected chi connectivity index (χ2v) is 5.27. The summed E-state index contributed by atoms with van der Waals surface area (Å²) in [5, 5.41) is 12.7. The number of anilines is 1. The third-order valence-electron chi connectivity index (χ3n) is 3.74. The van der Waals surface area contributed by atoms with E-state index in [1.165, 1.54) is 11.1 Å². The molecule has 2 aromatic carbocycles. The Kier molecular flexibility index (Phi) is 4.00. The topological polar surface area (TPSA) is 35.5 Å². The summed E-state index contributed by atoms with van der Waals surface area (Å²) in [5.74, 6) is 0. The van der Waals surface area contributed by atoms with E-state index in [-0.39, 0.29) is 6.61 Å². The summed E-state index contributed by atoms with van der Waals surface area (Å²) in [5.41, 5.74) is 4.78. The van der Waals surface area contributed by atoms with Gasteiger partial charge in [0.05, 0.1) is 6.61 Å². The summed E-state index contributed by atoms with van der Waals surface area (Å²) in [7, 11) is 0. The highest BCUT2D eigenvalue weighted by Gasteiger charge is 2.14. The molecule has 0 aromatic heterocycles. The Bertz CT molecular complexity index is 568. The minimum absolute atomic E-state index is 0.0999. The average molecular weight is 268 g/mol. The van der Waals surface area contributed by atoms with Crippen LogP contribution in [0.5, 0.6) is 0 Å². The molecular weight excluding hydrogens is 248 g/mol. The van der Waals surface area contributed by atoms with E-state index in [1.54, 1.807) is 0 Å². The number of rotatable bonds is 3. The van der Waals surface area contributed by atoms with E-state index >= 15 is 0 Å². The Labute approximate surface area is 119 Å². The molecule has 0 aliphatic carbocycles. The third-order valence-corrected chi connectivity index (χ3v) is 3.74. The van der Waals surface area contributed by atoms with E-state index in [1.807, 2.05) is 6.07 Å². The first-order chi connectivity index (χ1) is 9.85. The highest BCUT2D eigenvalue weighted by atomic mass is 16.3. The SMILES string of the molecule is OCc1ccc2c(c1)NCCN(Cc1ccccc1)C2. The summed E-state index contributed by atoms with van der Waals surface area (Å²) >= 11 is 0. The van der Waals surface area contributed by atoms with Crippen LogP contribution in [0.15, 0.2) is 48.5 Å². The molecule has 0 spiro atoms. The summed E-state index contributed by atoms with van der Waals surface area (Å²) in [6, 6.07) is 16.8. The molecule has 3 heteroatoms. The van der Waals surface area contributed by atoms with E-state index in [4.69, 9.17) is 0 Å². The largest absolute Gasteiger partial charge is 0.392 e. The number of aliphatic hydroxyl groups excluding tert-OH is 1. The summed E-state index contributed by atoms with van der Waals surface area (Å²) in [6.07, 6.45) is 0. The van der Waals surface area contributed by atoms with Gasteiger partial charge < -0.3 is 10.4 Å². The van der Waals surface area contributed by atoms with Crippen molar-refractivity contribution in [3.63, 3.8) is 0 Å². The van der Waals surface area contributed by atoms with Crippen molar-refractivity contribution in [2.75, 3.05) is 18.4 Å². The second-order valence-electron chi connectivity index (χ2n) is 5.27. The zero-order valence-corrected chi connectivity index (χ0v) is 11.5. The van der Waals surface area contributed by atoms with Gasteiger partial charge in [-0.1, -0.05) is 42.5 Å². The Morgan fingerprint density at radius 2 is 1.90 bits per heavy atom. The highest BCUT2D eigenvalue weighted by molar-refractivity contribution is 5.54. The lowest BCUT2D eigenvalue weighted by Crippen LogP contribution is -2.25. The minimum atomic E-state index is 0.0999. The highest BCUT2D eigenvalue weighted by Crippen LogP contribution is 2.23. The van der Waals surface area contributed by atoms with Crippen molar-refractivity contribution in [2.24, 2.45) is 0 Å². The van der Waals surface area contributed by atoms with Crippen molar-refractivity contribution in [1.29, 1.82) is 0 Å². The maximum absolute atomic E-state index is 9.22. The zero-order valence-electron chi connectivity index (χ0n) is 11.5. The Hall–Kier alpha value is -1.84. The smallest absolute Gasteiger partial charge is 0.0682 e. The fraction of sp³-hybridized carbons (Fsp3) is 0.294. The van der Waals surface area contributed by atoms with Crippen LogP contribution in [-0.2, 0) is 19.7 Å². The lowest BCUT2D eigenvalue weighted by molar-refractivity contribution is 0.271. The number of nitrogens with zero attached hydrogens (tertiary/aromatic N) is 1. The van der Waals surface area contributed by atoms with Gasteiger partial charge in [-0.2, -0.15) is 0 Å². The number of fused-ring (bicyclic) bond motifs is 1. The molecule has 1 heterocycles. The van der Waals surface area contributed by atoms with Crippen LogP contribution in [0.4, 0.5) is 5.69 Å². The molecule has 0 saturated heterocycles. The Balaban J connectivity index is 1.76. The third kappa shape index (κ3) is 3.00. The fourth-order valence-corrected chi connectivity index (χ4v) is 2.67. The van der Waals surface area contributed by atoms with Crippen LogP contribution in [0.2, 0.25) is 0 Å². The van der Waals surface area contributed by atoms with E-state index in [9.17, 15) is 5.11 Å². The number of hydrogen-bond donors (Lipinski definition) is 2. The minimum Gasteiger partial charge on any atom is -0.392 e. The molecule has 1 aliphatic rings. The quantitative estimate of drug-likeness (QED) is 0.898. The van der Waals surface area contributed by atoms with Crippen LogP contribution in [0.3, 0.4) is 0 Å². The molecule has 0 fully saturated rings. The molecule has 3 rings (SSSR count). The molecule has 0 saturated carbocycles. The number of aliphatic hydroxyl groups is 1. The first-order valence-corrected chi connectivity index (χ1v) is 7.08. The van der Waals surface area contributed by atoms with E-state index < -0.39 is 0 Å². The summed E-state index contributed by atoms with van der Waals surface area (Å²) < 4.78 is 0. The maximum Gasteiger partial charge on any atom is 0.0682 e. The molecule has 1 aliphatic heterocycles. The van der Waals surface area contributed by atoms with Crippen LogP contribution < -0.4 is 5.32 Å². The van der Waals surface area contributed by atoms with E-state index in [2.05, 4.69) is 52.7 Å². The maximum atomic E-state index is 9.22. The van der Waals surface area contributed by atoms with Gasteiger partial charge in [-0.05, 0) is 22.8 Å². The molecule has 104 valence electrons. The van der Waals surface area contributed by atoms with Crippen LogP contribution in [0.25, 0.3) is 0 Å². The van der Waals surface area contributed by atoms with Crippen LogP contribution in [-0.4, -0.2) is 23.1 Å². The fourth-order valence-electron chi connectivity index (χ4n) is 2.67. The Morgan fingerprint density at radius 1 is 1.05 bits per heavy atom. The van der Waals surface area contributed by atoms with Crippen LogP contribution >= 0.6 is 0 Å². The predicted octanol–water partition coefficient (Wildman–Crippen LogP) is 2.61. The first kappa shape index (κ1) is 13.2. The van der Waals surface area contributed by atoms with E-state index in [0.717, 1.165) is 37.4 Å². The molecule has 0 atom stereocenters.